The summed E-state index contributed by atoms with van der Waals surface area (Å²) in [6.45, 7) is 4.46. The Labute approximate surface area is 203 Å². The molecule has 7 nitrogen and oxygen atoms in total. The third-order valence-corrected chi connectivity index (χ3v) is 9.95. The molecule has 4 rings (SSSR count). The standard InChI is InChI=1S/C24H29FN4O3S2/c1-15(14-26)24(23(27)30)13-18(25)5-8-20(24)21-22(33-16(2)28-21)17-3-6-19(7-4-17)29-9-11-34(31,32)12-10-29/h3-4,6-7,15,18,20H,5,8-13H2,1-2H3,(H2,27,30)/t15-,18?,20?,24?/m1/s1. The van der Waals surface area contributed by atoms with Gasteiger partial charge in [0, 0.05) is 24.7 Å². The number of rotatable bonds is 5. The number of aryl methyl sites for hydroxylation is 1. The highest BCUT2D eigenvalue weighted by molar-refractivity contribution is 7.91. The van der Waals surface area contributed by atoms with Crippen LogP contribution in [0.15, 0.2) is 24.3 Å². The summed E-state index contributed by atoms with van der Waals surface area (Å²) in [4.78, 5) is 20.5. The topological polar surface area (TPSA) is 117 Å². The number of carbonyl (C=O) groups is 1. The van der Waals surface area contributed by atoms with Crippen molar-refractivity contribution in [3.8, 4) is 16.5 Å². The highest BCUT2D eigenvalue weighted by Crippen LogP contribution is 2.54. The van der Waals surface area contributed by atoms with Gasteiger partial charge in [-0.2, -0.15) is 5.26 Å². The number of hydrogen-bond acceptors (Lipinski definition) is 7. The Morgan fingerprint density at radius 2 is 1.94 bits per heavy atom. The summed E-state index contributed by atoms with van der Waals surface area (Å²) < 4.78 is 38.0. The summed E-state index contributed by atoms with van der Waals surface area (Å²) in [7, 11) is -2.96. The summed E-state index contributed by atoms with van der Waals surface area (Å²) in [5, 5.41) is 10.5. The van der Waals surface area contributed by atoms with Crippen molar-refractivity contribution >= 4 is 32.8 Å². The van der Waals surface area contributed by atoms with Crippen molar-refractivity contribution in [2.75, 3.05) is 29.5 Å². The molecule has 1 aliphatic heterocycles. The molecule has 182 valence electrons. The third kappa shape index (κ3) is 4.43. The maximum Gasteiger partial charge on any atom is 0.225 e. The lowest BCUT2D eigenvalue weighted by Crippen LogP contribution is -2.50. The predicted octanol–water partition coefficient (Wildman–Crippen LogP) is 3.59. The van der Waals surface area contributed by atoms with Gasteiger partial charge < -0.3 is 10.6 Å². The minimum atomic E-state index is -2.96. The van der Waals surface area contributed by atoms with E-state index < -0.39 is 39.2 Å². The fraction of sp³-hybridized carbons (Fsp3) is 0.542. The van der Waals surface area contributed by atoms with E-state index in [9.17, 15) is 22.9 Å². The molecular formula is C24H29FN4O3S2. The lowest BCUT2D eigenvalue weighted by atomic mass is 9.58. The zero-order valence-electron chi connectivity index (χ0n) is 19.3. The van der Waals surface area contributed by atoms with Crippen LogP contribution in [0.4, 0.5) is 10.1 Å². The number of carbonyl (C=O) groups excluding carboxylic acids is 1. The second-order valence-corrected chi connectivity index (χ2v) is 12.8. The number of aromatic nitrogens is 1. The highest BCUT2D eigenvalue weighted by Gasteiger charge is 2.54. The van der Waals surface area contributed by atoms with E-state index in [4.69, 9.17) is 10.7 Å². The van der Waals surface area contributed by atoms with Crippen LogP contribution in [0.25, 0.3) is 10.4 Å². The van der Waals surface area contributed by atoms with Gasteiger partial charge in [-0.25, -0.2) is 17.8 Å². The number of primary amides is 1. The number of nitrogens with zero attached hydrogens (tertiary/aromatic N) is 3. The van der Waals surface area contributed by atoms with Crippen molar-refractivity contribution in [3.05, 3.63) is 35.0 Å². The van der Waals surface area contributed by atoms with Crippen molar-refractivity contribution < 1.29 is 17.6 Å². The Bertz CT molecular complexity index is 1210. The van der Waals surface area contributed by atoms with Crippen LogP contribution in [0.3, 0.4) is 0 Å². The van der Waals surface area contributed by atoms with Gasteiger partial charge in [0.05, 0.1) is 44.5 Å². The molecule has 1 amide bonds. The van der Waals surface area contributed by atoms with Gasteiger partial charge in [0.2, 0.25) is 5.91 Å². The maximum atomic E-state index is 14.5. The minimum Gasteiger partial charge on any atom is -0.369 e. The second-order valence-electron chi connectivity index (χ2n) is 9.32. The van der Waals surface area contributed by atoms with E-state index in [1.807, 2.05) is 31.2 Å². The molecular weight excluding hydrogens is 475 g/mol. The van der Waals surface area contributed by atoms with E-state index in [1.165, 1.54) is 11.3 Å². The summed E-state index contributed by atoms with van der Waals surface area (Å²) in [6.07, 6.45) is -0.568. The Hall–Kier alpha value is -2.51. The number of benzene rings is 1. The lowest BCUT2D eigenvalue weighted by molar-refractivity contribution is -0.135. The van der Waals surface area contributed by atoms with Crippen molar-refractivity contribution in [3.63, 3.8) is 0 Å². The van der Waals surface area contributed by atoms with Crippen LogP contribution in [0.5, 0.6) is 0 Å². The first kappa shape index (κ1) is 24.6. The Morgan fingerprint density at radius 3 is 2.53 bits per heavy atom. The first-order chi connectivity index (χ1) is 16.1. The third-order valence-electron chi connectivity index (χ3n) is 7.30. The number of thiazole rings is 1. The van der Waals surface area contributed by atoms with E-state index in [-0.39, 0.29) is 17.9 Å². The predicted molar refractivity (Wildman–Crippen MR) is 131 cm³/mol. The minimum absolute atomic E-state index is 0.0749. The molecule has 34 heavy (non-hydrogen) atoms. The Morgan fingerprint density at radius 1 is 1.29 bits per heavy atom. The van der Waals surface area contributed by atoms with Crippen LogP contribution in [0.1, 0.15) is 42.8 Å². The molecule has 0 spiro atoms. The normalized spacial score (nSPS) is 27.6. The van der Waals surface area contributed by atoms with Crippen LogP contribution in [-0.4, -0.2) is 50.1 Å². The SMILES string of the molecule is Cc1nc(C2CCC(F)CC2(C(N)=O)[C@H](C)C#N)c(-c2ccc(N3CCS(=O)(=O)CC3)cc2)s1. The average molecular weight is 505 g/mol. The second kappa shape index (κ2) is 9.27. The van der Waals surface area contributed by atoms with Crippen LogP contribution in [0.2, 0.25) is 0 Å². The van der Waals surface area contributed by atoms with Crippen LogP contribution >= 0.6 is 11.3 Å². The summed E-state index contributed by atoms with van der Waals surface area (Å²) in [5.41, 5.74) is 7.10. The fourth-order valence-electron chi connectivity index (χ4n) is 5.36. The molecule has 0 radical (unpaired) electrons. The number of hydrogen-bond donors (Lipinski definition) is 1. The number of alkyl halides is 1. The zero-order valence-corrected chi connectivity index (χ0v) is 21.0. The van der Waals surface area contributed by atoms with Gasteiger partial charge >= 0.3 is 0 Å². The molecule has 1 aliphatic carbocycles. The summed E-state index contributed by atoms with van der Waals surface area (Å²) >= 11 is 1.50. The average Bonchev–Trinajstić information content (AvgIpc) is 3.19. The largest absolute Gasteiger partial charge is 0.369 e. The molecule has 2 fully saturated rings. The van der Waals surface area contributed by atoms with E-state index in [0.717, 1.165) is 21.1 Å². The quantitative estimate of drug-likeness (QED) is 0.665. The number of halogens is 1. The number of anilines is 1. The molecule has 0 bridgehead atoms. The number of amides is 1. The fourth-order valence-corrected chi connectivity index (χ4v) is 7.54. The molecule has 4 atom stereocenters. The van der Waals surface area contributed by atoms with Crippen LogP contribution in [-0.2, 0) is 14.6 Å². The van der Waals surface area contributed by atoms with Gasteiger partial charge in [-0.3, -0.25) is 4.79 Å². The van der Waals surface area contributed by atoms with Gasteiger partial charge in [-0.15, -0.1) is 11.3 Å². The molecule has 2 aromatic rings. The van der Waals surface area contributed by atoms with Gasteiger partial charge in [-0.1, -0.05) is 12.1 Å². The first-order valence-corrected chi connectivity index (χ1v) is 14.1. The molecule has 10 heteroatoms. The summed E-state index contributed by atoms with van der Waals surface area (Å²) in [6, 6.07) is 10.0. The van der Waals surface area contributed by atoms with E-state index in [2.05, 4.69) is 11.0 Å². The molecule has 2 aliphatic rings. The van der Waals surface area contributed by atoms with Gasteiger partial charge in [0.15, 0.2) is 9.84 Å². The Kier molecular flexibility index (Phi) is 6.71. The van der Waals surface area contributed by atoms with Gasteiger partial charge in [0.25, 0.3) is 0 Å². The number of sulfone groups is 1. The van der Waals surface area contributed by atoms with Crippen molar-refractivity contribution in [1.82, 2.24) is 4.98 Å². The lowest BCUT2D eigenvalue weighted by Gasteiger charge is -2.44. The van der Waals surface area contributed by atoms with Gasteiger partial charge in [0.1, 0.15) is 6.17 Å². The number of nitriles is 1. The Balaban J connectivity index is 1.70. The van der Waals surface area contributed by atoms with Crippen LogP contribution < -0.4 is 10.6 Å². The molecule has 1 saturated heterocycles. The van der Waals surface area contributed by atoms with E-state index >= 15 is 0 Å². The molecule has 1 saturated carbocycles. The first-order valence-electron chi connectivity index (χ1n) is 11.4. The van der Waals surface area contributed by atoms with Crippen molar-refractivity contribution in [2.24, 2.45) is 17.1 Å². The monoisotopic (exact) mass is 504 g/mol. The van der Waals surface area contributed by atoms with Crippen LogP contribution in [0, 0.1) is 29.6 Å². The molecule has 3 unspecified atom stereocenters. The smallest absolute Gasteiger partial charge is 0.225 e. The van der Waals surface area contributed by atoms with E-state index in [1.54, 1.807) is 6.92 Å². The molecule has 1 aromatic heterocycles. The summed E-state index contributed by atoms with van der Waals surface area (Å²) in [5.74, 6) is -1.55. The van der Waals surface area contributed by atoms with Crippen molar-refractivity contribution in [1.29, 1.82) is 5.26 Å². The molecule has 2 N–H and O–H groups in total. The van der Waals surface area contributed by atoms with Gasteiger partial charge in [-0.05, 0) is 50.8 Å². The highest BCUT2D eigenvalue weighted by atomic mass is 32.2. The zero-order chi connectivity index (χ0) is 24.7. The van der Waals surface area contributed by atoms with Crippen molar-refractivity contribution in [2.45, 2.75) is 45.2 Å². The van der Waals surface area contributed by atoms with E-state index in [0.29, 0.717) is 31.6 Å². The molecule has 1 aromatic carbocycles. The maximum absolute atomic E-state index is 14.5. The molecule has 2 heterocycles. The number of nitrogens with two attached hydrogens (primary N) is 1.